The monoisotopic (exact) mass is 2100 g/mol. The topological polar surface area (TPSA) is 695 Å². The largest absolute Gasteiger partial charge is 0.508 e. The average molecular weight is 2100 g/mol. The van der Waals surface area contributed by atoms with Gasteiger partial charge in [0, 0.05) is 108 Å². The predicted octanol–water partition coefficient (Wildman–Crippen LogP) is 0.531. The van der Waals surface area contributed by atoms with Gasteiger partial charge in [-0.15, -0.1) is 0 Å². The predicted molar refractivity (Wildman–Crippen MR) is 559 cm³/mol. The van der Waals surface area contributed by atoms with E-state index in [9.17, 15) is 82.8 Å². The maximum absolute atomic E-state index is 15.6. The van der Waals surface area contributed by atoms with Crippen molar-refractivity contribution in [3.05, 3.63) is 114 Å². The number of phenolic OH excluding ortho intramolecular Hbond substituents is 1. The van der Waals surface area contributed by atoms with Crippen molar-refractivity contribution < 1.29 is 116 Å². The summed E-state index contributed by atoms with van der Waals surface area (Å²) in [6, 6.07) is 1.64. The zero-order valence-electron chi connectivity index (χ0n) is 88.4. The van der Waals surface area contributed by atoms with Crippen molar-refractivity contribution in [3.63, 3.8) is 0 Å². The van der Waals surface area contributed by atoms with E-state index in [2.05, 4.69) is 95.6 Å². The number of hydrogen-bond donors (Lipinski definition) is 24. The third-order valence-corrected chi connectivity index (χ3v) is 27.2. The van der Waals surface area contributed by atoms with Crippen LogP contribution in [0.4, 0.5) is 0 Å². The second-order valence-corrected chi connectivity index (χ2v) is 40.3. The number of ketones is 8. The van der Waals surface area contributed by atoms with E-state index >= 15 is 33.6 Å². The molecular weight excluding hydrogens is 1940 g/mol. The number of aliphatic carboxylic acids is 1. The number of aromatic hydroxyl groups is 1. The number of phenols is 1. The fraction of sp³-hybridized carbons (Fsp3) is 0.604. The molecule has 4 aromatic rings. The van der Waals surface area contributed by atoms with Crippen molar-refractivity contribution in [2.45, 2.75) is 358 Å². The molecule has 150 heavy (non-hydrogen) atoms. The van der Waals surface area contributed by atoms with Gasteiger partial charge in [-0.1, -0.05) is 125 Å². The number of carboxylic acid groups (broad SMARTS) is 1. The molecule has 1 aliphatic carbocycles. The number of nitrogens with one attached hydrogen (secondary N) is 18. The molecule has 0 saturated heterocycles. The number of H-pyrrole nitrogens is 1. The van der Waals surface area contributed by atoms with E-state index in [0.717, 1.165) is 6.42 Å². The Bertz CT molecular complexity index is 5250. The Kier molecular flexibility index (Phi) is 53.9. The van der Waals surface area contributed by atoms with Gasteiger partial charge in [0.15, 0.2) is 23.1 Å². The van der Waals surface area contributed by atoms with Gasteiger partial charge < -0.3 is 106 Å². The first-order valence-corrected chi connectivity index (χ1v) is 52.0. The van der Waals surface area contributed by atoms with Crippen molar-refractivity contribution in [3.8, 4) is 5.75 Å². The summed E-state index contributed by atoms with van der Waals surface area (Å²) in [4.78, 5) is 283. The summed E-state index contributed by atoms with van der Waals surface area (Å²) < 4.78 is 0. The molecule has 1 saturated carbocycles. The van der Waals surface area contributed by atoms with Gasteiger partial charge in [0.1, 0.15) is 65.1 Å². The van der Waals surface area contributed by atoms with Crippen molar-refractivity contribution in [1.29, 1.82) is 0 Å². The SMILES string of the molecule is CC(=O)N[C@@H](CC(C)C)C(=O)N[C@H](C(=O)N[C@@H](Cc1ccccc1)C(=O)N[C@]1(C)CCCCCC/C=C/CCC[C@@](C)(C(=O)CN[C@@H](C)C(=O)CCN[C@@H](C)C(=O)CCC(=O)[C@H](C)NCCC(=O)[C@H](C)NCCC(=O)[C@H](C)NCN[C@H](C)C(N)=O)NC(=O)[C@H](CC2CCC2)NC(=O)[C@H](CCC(N)=O)NC(=O)[C@H](CO)NC(=O)[C@H](Cc2c[nH]c3ccccc23)NN[C@@H](Cc2ccc(O)cc2)C(=O)C(=O)[C@H](CCC(=O)O)NC1=O)[C@@H](C)O. The minimum atomic E-state index is -2.11. The number of aliphatic hydroxyl groups excluding tert-OH is 2. The van der Waals surface area contributed by atoms with E-state index in [1.165, 1.54) is 52.0 Å². The van der Waals surface area contributed by atoms with Crippen LogP contribution in [0.5, 0.6) is 5.75 Å². The highest BCUT2D eigenvalue weighted by molar-refractivity contribution is 6.41. The molecule has 3 aromatic carbocycles. The van der Waals surface area contributed by atoms with Gasteiger partial charge in [-0.25, -0.2) is 10.9 Å². The number of benzene rings is 3. The molecule has 1 aliphatic heterocycles. The maximum Gasteiger partial charge on any atom is 0.303 e. The number of carbonyl (C=O) groups is 20. The summed E-state index contributed by atoms with van der Waals surface area (Å²) in [5, 5.41) is 85.3. The number of aliphatic hydroxyl groups is 2. The second-order valence-electron chi connectivity index (χ2n) is 40.3. The first-order valence-electron chi connectivity index (χ1n) is 52.0. The van der Waals surface area contributed by atoms with Crippen LogP contribution in [0, 0.1) is 11.8 Å². The standard InChI is InChI=1S/C106H160N20O24/c1-61(2)52-80(116-69(10)129)98(144)122-93(68(9)128)103(149)119-82(54-70-28-21-20-22-29-70)102(148)124-106(12)48-26-19-17-15-13-14-16-18-25-47-105(11,90(136)58-112-65(6)88(134)45-50-110-63(4)86(132)41-40-85(131)62(3)109-49-44-87(133)64(5)111-51-46-89(135)66(7)114-60-115-67(8)96(108)142)123-101(147)81(55-71-30-27-31-71)118-97(143)78(38-42-91(107)137)117-100(146)84(59-127)120-99(145)83(56-73-57-113-76-33-24-23-32-75(73)76)126-125-79(53-72-34-36-74(130)37-35-72)95(141)94(140)77(121-104(106)150)39-43-92(138)139/h14,16,20-24,28-29,32-37,57,61-68,71,77-84,93,109-115,125-128,130H,13,15,17-19,25-27,30-31,38-56,58-60H2,1-12H3,(H2,107,137)(H2,108,142)(H,116,129)(H,117,146)(H,118,143)(H,119,149)(H,120,145)(H,121,150)(H,122,144)(H,123,147)(H,124,148)(H,138,139)/b16-14+/t62-,63-,64-,65-,66-,67+,68+,77-,78-,79-,80-,81-,82-,83-,84-,93-,105-,106+/m0/s1. The van der Waals surface area contributed by atoms with Crippen LogP contribution in [0.3, 0.4) is 0 Å². The normalized spacial score (nSPS) is 21.9. The Labute approximate surface area is 876 Å². The quantitative estimate of drug-likeness (QED) is 0.0163. The molecular formula is C106H160N20O24. The van der Waals surface area contributed by atoms with Crippen LogP contribution in [-0.2, 0) is 115 Å². The lowest BCUT2D eigenvalue weighted by molar-refractivity contribution is -0.143. The fourth-order valence-corrected chi connectivity index (χ4v) is 17.2. The van der Waals surface area contributed by atoms with E-state index < -0.39 is 241 Å². The van der Waals surface area contributed by atoms with Crippen molar-refractivity contribution in [2.24, 2.45) is 23.3 Å². The van der Waals surface area contributed by atoms with Gasteiger partial charge in [0.05, 0.1) is 73.1 Å². The Morgan fingerprint density at radius 3 is 1.58 bits per heavy atom. The highest BCUT2D eigenvalue weighted by Gasteiger charge is 2.45. The van der Waals surface area contributed by atoms with Gasteiger partial charge in [-0.3, -0.25) is 107 Å². The maximum atomic E-state index is 15.6. The highest BCUT2D eigenvalue weighted by atomic mass is 16.4. The number of para-hydroxylation sites is 1. The number of aromatic nitrogens is 1. The zero-order valence-corrected chi connectivity index (χ0v) is 88.4. The molecule has 0 spiro atoms. The number of amides is 11. The van der Waals surface area contributed by atoms with Crippen LogP contribution < -0.4 is 102 Å². The Balaban J connectivity index is 1.29. The molecule has 1 fully saturated rings. The van der Waals surface area contributed by atoms with Crippen molar-refractivity contribution in [2.75, 3.05) is 39.5 Å². The Morgan fingerprint density at radius 1 is 0.487 bits per heavy atom. The zero-order chi connectivity index (χ0) is 111. The lowest BCUT2D eigenvalue weighted by atomic mass is 9.80. The van der Waals surface area contributed by atoms with Gasteiger partial charge in [0.25, 0.3) is 0 Å². The van der Waals surface area contributed by atoms with Crippen LogP contribution in [0.2, 0.25) is 0 Å². The smallest absolute Gasteiger partial charge is 0.303 e. The number of hydrazine groups is 1. The molecule has 828 valence electrons. The van der Waals surface area contributed by atoms with Crippen molar-refractivity contribution >= 4 is 128 Å². The van der Waals surface area contributed by atoms with Gasteiger partial charge in [0.2, 0.25) is 76.5 Å². The fourth-order valence-electron chi connectivity index (χ4n) is 17.2. The van der Waals surface area contributed by atoms with Crippen LogP contribution in [0.15, 0.2) is 97.2 Å². The third kappa shape index (κ3) is 43.7. The molecule has 0 radical (unpaired) electrons. The molecule has 0 unspecified atom stereocenters. The lowest BCUT2D eigenvalue weighted by Crippen LogP contribution is -2.65. The number of rotatable bonds is 54. The number of fused-ring (bicyclic) bond motifs is 1. The molecule has 2 aliphatic rings. The number of aromatic amines is 1. The van der Waals surface area contributed by atoms with E-state index in [1.807, 2.05) is 12.2 Å². The van der Waals surface area contributed by atoms with E-state index in [-0.39, 0.29) is 156 Å². The third-order valence-electron chi connectivity index (χ3n) is 27.2. The van der Waals surface area contributed by atoms with Gasteiger partial charge in [-0.2, -0.15) is 0 Å². The summed E-state index contributed by atoms with van der Waals surface area (Å²) >= 11 is 0. The van der Waals surface area contributed by atoms with E-state index in [1.54, 1.807) is 116 Å². The average Bonchev–Trinajstić information content (AvgIpc) is 0.956. The number of hydrogen-bond acceptors (Lipinski definition) is 31. The molecule has 44 heteroatoms. The number of carbonyl (C=O) groups excluding carboxylic acids is 19. The first-order chi connectivity index (χ1) is 71.0. The van der Waals surface area contributed by atoms with Crippen LogP contribution in [0.1, 0.15) is 247 Å². The summed E-state index contributed by atoms with van der Waals surface area (Å²) in [6.45, 7) is 17.6. The summed E-state index contributed by atoms with van der Waals surface area (Å²) in [5.41, 5.74) is 14.6. The molecule has 18 atom stereocenters. The molecule has 6 rings (SSSR count). The number of carboxylic acids is 1. The molecule has 1 aromatic heterocycles. The van der Waals surface area contributed by atoms with Gasteiger partial charge in [-0.05, 0) is 180 Å². The highest BCUT2D eigenvalue weighted by Crippen LogP contribution is 2.32. The molecule has 2 heterocycles. The second kappa shape index (κ2) is 64.1. The molecule has 44 nitrogen and oxygen atoms in total. The van der Waals surface area contributed by atoms with Crippen LogP contribution in [-0.4, -0.2) is 290 Å². The van der Waals surface area contributed by atoms with Crippen LogP contribution in [0.25, 0.3) is 10.9 Å². The number of allylic oxidation sites excluding steroid dienone is 2. The Morgan fingerprint density at radius 2 is 1.01 bits per heavy atom. The summed E-state index contributed by atoms with van der Waals surface area (Å²) in [5.74, 6) is -16.4. The summed E-state index contributed by atoms with van der Waals surface area (Å²) in [6.07, 6.45) is 4.81. The minimum absolute atomic E-state index is 0.00684. The first kappa shape index (κ1) is 126. The number of primary amides is 2. The number of nitrogens with two attached hydrogens (primary N) is 2. The minimum Gasteiger partial charge on any atom is -0.508 e. The van der Waals surface area contributed by atoms with Gasteiger partial charge >= 0.3 is 5.97 Å². The van der Waals surface area contributed by atoms with E-state index in [4.69, 9.17) is 11.5 Å². The number of Topliss-reactive ketones (excluding diaryl/α,β-unsaturated/α-hetero) is 8. The summed E-state index contributed by atoms with van der Waals surface area (Å²) in [7, 11) is 0. The van der Waals surface area contributed by atoms with Crippen LogP contribution >= 0.6 is 0 Å². The lowest BCUT2D eigenvalue weighted by Gasteiger charge is -2.35. The molecule has 0 bridgehead atoms. The molecule has 11 amide bonds. The van der Waals surface area contributed by atoms with Crippen molar-refractivity contribution in [1.82, 2.24) is 95.6 Å². The Hall–Kier alpha value is -12.7. The molecule has 26 N–H and O–H groups in total. The van der Waals surface area contributed by atoms with E-state index in [0.29, 0.717) is 72.5 Å².